The average molecular weight is 384 g/mol. The number of hydrogen-bond donors (Lipinski definition) is 3. The number of guanidine groups is 1. The Morgan fingerprint density at radius 2 is 1.58 bits per heavy atom. The molecule has 0 aromatic rings. The van der Waals surface area contributed by atoms with Gasteiger partial charge in [-0.3, -0.25) is 4.99 Å². The van der Waals surface area contributed by atoms with E-state index in [9.17, 15) is 0 Å². The highest BCUT2D eigenvalue weighted by Crippen LogP contribution is 1.97. The maximum atomic E-state index is 4.21. The van der Waals surface area contributed by atoms with Crippen LogP contribution in [0.4, 0.5) is 0 Å². The first kappa shape index (κ1) is 21.3. The summed E-state index contributed by atoms with van der Waals surface area (Å²) in [7, 11) is 1.82. The van der Waals surface area contributed by atoms with E-state index in [1.165, 1.54) is 25.7 Å². The first-order chi connectivity index (χ1) is 8.49. The van der Waals surface area contributed by atoms with Gasteiger partial charge in [0.2, 0.25) is 0 Å². The number of rotatable bonds is 8. The first-order valence-electron chi connectivity index (χ1n) is 7.19. The van der Waals surface area contributed by atoms with Crippen molar-refractivity contribution in [3.05, 3.63) is 0 Å². The van der Waals surface area contributed by atoms with Crippen molar-refractivity contribution in [2.24, 2.45) is 4.99 Å². The number of nitrogens with zero attached hydrogens (tertiary/aromatic N) is 1. The van der Waals surface area contributed by atoms with Crippen molar-refractivity contribution in [1.29, 1.82) is 0 Å². The van der Waals surface area contributed by atoms with E-state index in [4.69, 9.17) is 0 Å². The van der Waals surface area contributed by atoms with Crippen LogP contribution in [0, 0.1) is 0 Å². The molecular formula is C14H33IN4. The third-order valence-corrected chi connectivity index (χ3v) is 2.62. The highest BCUT2D eigenvalue weighted by molar-refractivity contribution is 14.0. The second kappa shape index (κ2) is 13.0. The van der Waals surface area contributed by atoms with Gasteiger partial charge < -0.3 is 16.0 Å². The molecule has 0 aliphatic rings. The third kappa shape index (κ3) is 15.9. The van der Waals surface area contributed by atoms with Gasteiger partial charge in [0.15, 0.2) is 5.96 Å². The van der Waals surface area contributed by atoms with Crippen molar-refractivity contribution in [2.45, 2.75) is 58.9 Å². The number of halogens is 1. The van der Waals surface area contributed by atoms with Crippen LogP contribution in [0.5, 0.6) is 0 Å². The van der Waals surface area contributed by atoms with Crippen LogP contribution in [-0.2, 0) is 0 Å². The predicted octanol–water partition coefficient (Wildman–Crippen LogP) is 2.74. The summed E-state index contributed by atoms with van der Waals surface area (Å²) in [6, 6.07) is 0. The fourth-order valence-electron chi connectivity index (χ4n) is 1.60. The molecule has 4 nitrogen and oxygen atoms in total. The number of hydrogen-bond acceptors (Lipinski definition) is 2. The lowest BCUT2D eigenvalue weighted by Crippen LogP contribution is -2.44. The zero-order valence-corrected chi connectivity index (χ0v) is 15.6. The van der Waals surface area contributed by atoms with E-state index in [2.05, 4.69) is 48.6 Å². The Kier molecular flexibility index (Phi) is 14.5. The summed E-state index contributed by atoms with van der Waals surface area (Å²) in [6.45, 7) is 11.6. The van der Waals surface area contributed by atoms with Crippen LogP contribution in [0.15, 0.2) is 4.99 Å². The van der Waals surface area contributed by atoms with E-state index >= 15 is 0 Å². The quantitative estimate of drug-likeness (QED) is 0.261. The van der Waals surface area contributed by atoms with Gasteiger partial charge in [0.25, 0.3) is 0 Å². The minimum Gasteiger partial charge on any atom is -0.356 e. The fourth-order valence-corrected chi connectivity index (χ4v) is 1.60. The zero-order valence-electron chi connectivity index (χ0n) is 13.3. The summed E-state index contributed by atoms with van der Waals surface area (Å²) < 4.78 is 0. The first-order valence-corrected chi connectivity index (χ1v) is 7.19. The molecule has 0 aromatic carbocycles. The molecule has 0 bridgehead atoms. The molecule has 0 aliphatic heterocycles. The van der Waals surface area contributed by atoms with Gasteiger partial charge in [0.05, 0.1) is 0 Å². The van der Waals surface area contributed by atoms with Gasteiger partial charge in [-0.1, -0.05) is 26.2 Å². The van der Waals surface area contributed by atoms with Crippen molar-refractivity contribution in [1.82, 2.24) is 16.0 Å². The van der Waals surface area contributed by atoms with E-state index < -0.39 is 0 Å². The van der Waals surface area contributed by atoms with Gasteiger partial charge in [-0.25, -0.2) is 0 Å². The Balaban J connectivity index is 0. The fraction of sp³-hybridized carbons (Fsp3) is 0.929. The van der Waals surface area contributed by atoms with E-state index in [1.807, 2.05) is 7.05 Å². The summed E-state index contributed by atoms with van der Waals surface area (Å²) in [5.41, 5.74) is 0.179. The summed E-state index contributed by atoms with van der Waals surface area (Å²) in [5, 5.41) is 10.1. The van der Waals surface area contributed by atoms with Gasteiger partial charge in [-0.15, -0.1) is 24.0 Å². The number of aliphatic imine (C=N–C) groups is 1. The molecule has 0 saturated carbocycles. The molecule has 0 saturated heterocycles. The zero-order chi connectivity index (χ0) is 13.9. The van der Waals surface area contributed by atoms with E-state index in [-0.39, 0.29) is 29.5 Å². The van der Waals surface area contributed by atoms with Crippen molar-refractivity contribution >= 4 is 29.9 Å². The molecule has 0 heterocycles. The van der Waals surface area contributed by atoms with Gasteiger partial charge in [-0.2, -0.15) is 0 Å². The van der Waals surface area contributed by atoms with Crippen LogP contribution in [0.2, 0.25) is 0 Å². The molecule has 0 unspecified atom stereocenters. The number of unbranched alkanes of at least 4 members (excludes halogenated alkanes) is 3. The Morgan fingerprint density at radius 1 is 0.947 bits per heavy atom. The lowest BCUT2D eigenvalue weighted by molar-refractivity contribution is 0.428. The van der Waals surface area contributed by atoms with Crippen molar-refractivity contribution < 1.29 is 0 Å². The van der Waals surface area contributed by atoms with Crippen LogP contribution in [0.1, 0.15) is 53.4 Å². The Bertz CT molecular complexity index is 224. The monoisotopic (exact) mass is 384 g/mol. The summed E-state index contributed by atoms with van der Waals surface area (Å²) in [6.07, 6.45) is 5.12. The van der Waals surface area contributed by atoms with Crippen LogP contribution in [-0.4, -0.2) is 38.2 Å². The molecule has 3 N–H and O–H groups in total. The van der Waals surface area contributed by atoms with Crippen molar-refractivity contribution in [3.63, 3.8) is 0 Å². The second-order valence-corrected chi connectivity index (χ2v) is 5.66. The van der Waals surface area contributed by atoms with Crippen LogP contribution < -0.4 is 16.0 Å². The second-order valence-electron chi connectivity index (χ2n) is 5.66. The topological polar surface area (TPSA) is 48.5 Å². The maximum absolute atomic E-state index is 4.21. The third-order valence-electron chi connectivity index (χ3n) is 2.62. The predicted molar refractivity (Wildman–Crippen MR) is 96.7 cm³/mol. The van der Waals surface area contributed by atoms with Gasteiger partial charge >= 0.3 is 0 Å². The molecule has 0 spiro atoms. The Hall–Kier alpha value is -0.0400. The lowest BCUT2D eigenvalue weighted by Gasteiger charge is -2.21. The highest BCUT2D eigenvalue weighted by Gasteiger charge is 2.07. The standard InChI is InChI=1S/C14H32N4.HI/c1-6-7-8-9-10-16-13(15-5)17-11-12-18-14(2,3)4;/h18H,6-12H2,1-5H3,(H2,15,16,17);1H. The molecule has 5 heteroatoms. The lowest BCUT2D eigenvalue weighted by atomic mass is 10.1. The van der Waals surface area contributed by atoms with Gasteiger partial charge in [0.1, 0.15) is 0 Å². The van der Waals surface area contributed by atoms with Gasteiger partial charge in [-0.05, 0) is 27.2 Å². The molecule has 0 fully saturated rings. The molecule has 0 radical (unpaired) electrons. The molecule has 116 valence electrons. The number of nitrogens with one attached hydrogen (secondary N) is 3. The van der Waals surface area contributed by atoms with Crippen LogP contribution in [0.3, 0.4) is 0 Å². The minimum atomic E-state index is 0. The molecule has 0 aromatic heterocycles. The minimum absolute atomic E-state index is 0. The van der Waals surface area contributed by atoms with Crippen LogP contribution >= 0.6 is 24.0 Å². The van der Waals surface area contributed by atoms with E-state index in [0.29, 0.717) is 0 Å². The summed E-state index contributed by atoms with van der Waals surface area (Å²) >= 11 is 0. The highest BCUT2D eigenvalue weighted by atomic mass is 127. The largest absolute Gasteiger partial charge is 0.356 e. The van der Waals surface area contributed by atoms with E-state index in [0.717, 1.165) is 25.6 Å². The Labute approximate surface area is 136 Å². The molecule has 0 aliphatic carbocycles. The molecule has 0 rings (SSSR count). The molecular weight excluding hydrogens is 351 g/mol. The smallest absolute Gasteiger partial charge is 0.191 e. The Morgan fingerprint density at radius 3 is 2.11 bits per heavy atom. The summed E-state index contributed by atoms with van der Waals surface area (Å²) in [4.78, 5) is 4.21. The molecule has 19 heavy (non-hydrogen) atoms. The maximum Gasteiger partial charge on any atom is 0.191 e. The van der Waals surface area contributed by atoms with Crippen molar-refractivity contribution in [3.8, 4) is 0 Å². The van der Waals surface area contributed by atoms with E-state index in [1.54, 1.807) is 0 Å². The average Bonchev–Trinajstić information content (AvgIpc) is 2.30. The summed E-state index contributed by atoms with van der Waals surface area (Å²) in [5.74, 6) is 0.905. The normalized spacial score (nSPS) is 11.9. The SMILES string of the molecule is CCCCCCNC(=NC)NCCNC(C)(C)C.I. The molecule has 0 atom stereocenters. The molecule has 0 amide bonds. The van der Waals surface area contributed by atoms with Crippen LogP contribution in [0.25, 0.3) is 0 Å². The van der Waals surface area contributed by atoms with Crippen molar-refractivity contribution in [2.75, 3.05) is 26.7 Å². The van der Waals surface area contributed by atoms with Gasteiger partial charge in [0, 0.05) is 32.2 Å².